The molecular formula is C13H24IN5. The number of pyridine rings is 1. The van der Waals surface area contributed by atoms with Crippen molar-refractivity contribution in [2.75, 3.05) is 32.6 Å². The quantitative estimate of drug-likeness (QED) is 0.467. The van der Waals surface area contributed by atoms with Crippen molar-refractivity contribution in [1.29, 1.82) is 0 Å². The Kier molecular flexibility index (Phi) is 9.28. The molecule has 0 saturated heterocycles. The van der Waals surface area contributed by atoms with E-state index in [0.29, 0.717) is 0 Å². The van der Waals surface area contributed by atoms with Crippen molar-refractivity contribution in [3.63, 3.8) is 0 Å². The van der Waals surface area contributed by atoms with Crippen molar-refractivity contribution >= 4 is 35.8 Å². The van der Waals surface area contributed by atoms with Crippen LogP contribution in [0.15, 0.2) is 23.3 Å². The van der Waals surface area contributed by atoms with Crippen LogP contribution in [0.5, 0.6) is 0 Å². The molecular weight excluding hydrogens is 353 g/mol. The molecule has 0 aliphatic carbocycles. The molecule has 5 nitrogen and oxygen atoms in total. The summed E-state index contributed by atoms with van der Waals surface area (Å²) in [5, 5.41) is 6.52. The zero-order chi connectivity index (χ0) is 13.4. The van der Waals surface area contributed by atoms with Crippen LogP contribution in [0.1, 0.15) is 18.9 Å². The second-order valence-corrected chi connectivity index (χ2v) is 4.27. The standard InChI is InChI=1S/C13H23N5.HI/c1-5-7-16-13(14-2)17-10-11-6-8-15-12(9-11)18(3)4;/h6,8-9H,5,7,10H2,1-4H3,(H2,14,16,17);1H. The van der Waals surface area contributed by atoms with Crippen LogP contribution in [-0.4, -0.2) is 38.6 Å². The molecule has 0 aliphatic rings. The summed E-state index contributed by atoms with van der Waals surface area (Å²) in [6.45, 7) is 3.80. The van der Waals surface area contributed by atoms with Crippen LogP contribution >= 0.6 is 24.0 Å². The van der Waals surface area contributed by atoms with Gasteiger partial charge < -0.3 is 15.5 Å². The highest BCUT2D eigenvalue weighted by atomic mass is 127. The molecule has 108 valence electrons. The molecule has 2 N–H and O–H groups in total. The summed E-state index contributed by atoms with van der Waals surface area (Å²) in [4.78, 5) is 10.4. The van der Waals surface area contributed by atoms with Crippen LogP contribution in [0, 0.1) is 0 Å². The van der Waals surface area contributed by atoms with Gasteiger partial charge in [-0.3, -0.25) is 4.99 Å². The third-order valence-corrected chi connectivity index (χ3v) is 2.49. The first kappa shape index (κ1) is 17.9. The van der Waals surface area contributed by atoms with Crippen molar-refractivity contribution in [3.8, 4) is 0 Å². The first-order valence-corrected chi connectivity index (χ1v) is 6.24. The minimum Gasteiger partial charge on any atom is -0.363 e. The Morgan fingerprint density at radius 3 is 2.68 bits per heavy atom. The fourth-order valence-corrected chi connectivity index (χ4v) is 1.46. The highest BCUT2D eigenvalue weighted by molar-refractivity contribution is 14.0. The number of halogens is 1. The predicted molar refractivity (Wildman–Crippen MR) is 92.5 cm³/mol. The van der Waals surface area contributed by atoms with Crippen molar-refractivity contribution in [2.24, 2.45) is 4.99 Å². The Bertz CT molecular complexity index is 392. The zero-order valence-electron chi connectivity index (χ0n) is 12.1. The molecule has 6 heteroatoms. The number of nitrogens with one attached hydrogen (secondary N) is 2. The molecule has 0 fully saturated rings. The molecule has 0 atom stereocenters. The highest BCUT2D eigenvalue weighted by Gasteiger charge is 2.00. The van der Waals surface area contributed by atoms with Crippen molar-refractivity contribution in [3.05, 3.63) is 23.9 Å². The lowest BCUT2D eigenvalue weighted by Crippen LogP contribution is -2.37. The molecule has 1 aromatic rings. The van der Waals surface area contributed by atoms with E-state index in [-0.39, 0.29) is 24.0 Å². The van der Waals surface area contributed by atoms with Gasteiger partial charge in [0.2, 0.25) is 0 Å². The lowest BCUT2D eigenvalue weighted by molar-refractivity contribution is 0.781. The van der Waals surface area contributed by atoms with Crippen LogP contribution in [0.25, 0.3) is 0 Å². The Morgan fingerprint density at radius 1 is 1.37 bits per heavy atom. The first-order chi connectivity index (χ1) is 8.67. The maximum absolute atomic E-state index is 4.29. The molecule has 0 unspecified atom stereocenters. The van der Waals surface area contributed by atoms with Crippen LogP contribution in [0.3, 0.4) is 0 Å². The minimum absolute atomic E-state index is 0. The SMILES string of the molecule is CCCNC(=NC)NCc1ccnc(N(C)C)c1.I. The van der Waals surface area contributed by atoms with E-state index >= 15 is 0 Å². The molecule has 0 amide bonds. The highest BCUT2D eigenvalue weighted by Crippen LogP contribution is 2.08. The lowest BCUT2D eigenvalue weighted by atomic mass is 10.2. The summed E-state index contributed by atoms with van der Waals surface area (Å²) in [6, 6.07) is 4.08. The second-order valence-electron chi connectivity index (χ2n) is 4.27. The number of nitrogens with zero attached hydrogens (tertiary/aromatic N) is 3. The van der Waals surface area contributed by atoms with E-state index in [0.717, 1.165) is 31.3 Å². The first-order valence-electron chi connectivity index (χ1n) is 6.24. The smallest absolute Gasteiger partial charge is 0.191 e. The van der Waals surface area contributed by atoms with Gasteiger partial charge in [-0.05, 0) is 24.1 Å². The molecule has 0 saturated carbocycles. The van der Waals surface area contributed by atoms with E-state index in [4.69, 9.17) is 0 Å². The molecule has 0 bridgehead atoms. The van der Waals surface area contributed by atoms with Gasteiger partial charge in [0.1, 0.15) is 5.82 Å². The summed E-state index contributed by atoms with van der Waals surface area (Å²) in [5.74, 6) is 1.80. The molecule has 1 rings (SSSR count). The maximum Gasteiger partial charge on any atom is 0.191 e. The summed E-state index contributed by atoms with van der Waals surface area (Å²) in [7, 11) is 5.76. The van der Waals surface area contributed by atoms with Gasteiger partial charge in [-0.15, -0.1) is 24.0 Å². The Labute approximate surface area is 132 Å². The molecule has 0 spiro atoms. The van der Waals surface area contributed by atoms with E-state index in [2.05, 4.69) is 33.6 Å². The van der Waals surface area contributed by atoms with Crippen LogP contribution < -0.4 is 15.5 Å². The summed E-state index contributed by atoms with van der Waals surface area (Å²) in [6.07, 6.45) is 2.91. The number of guanidine groups is 1. The third-order valence-electron chi connectivity index (χ3n) is 2.49. The molecule has 1 aromatic heterocycles. The zero-order valence-corrected chi connectivity index (χ0v) is 14.4. The van der Waals surface area contributed by atoms with Crippen LogP contribution in [0.2, 0.25) is 0 Å². The Balaban J connectivity index is 0.00000324. The van der Waals surface area contributed by atoms with Crippen molar-refractivity contribution < 1.29 is 0 Å². The lowest BCUT2D eigenvalue weighted by Gasteiger charge is -2.14. The summed E-state index contributed by atoms with van der Waals surface area (Å²) >= 11 is 0. The maximum atomic E-state index is 4.29. The molecule has 0 aliphatic heterocycles. The van der Waals surface area contributed by atoms with Gasteiger partial charge >= 0.3 is 0 Å². The van der Waals surface area contributed by atoms with Crippen molar-refractivity contribution in [1.82, 2.24) is 15.6 Å². The number of hydrogen-bond acceptors (Lipinski definition) is 3. The van der Waals surface area contributed by atoms with Gasteiger partial charge in [-0.1, -0.05) is 6.92 Å². The number of aromatic nitrogens is 1. The normalized spacial score (nSPS) is 10.6. The number of rotatable bonds is 5. The van der Waals surface area contributed by atoms with Gasteiger partial charge in [0, 0.05) is 40.4 Å². The average Bonchev–Trinajstić information content (AvgIpc) is 2.39. The second kappa shape index (κ2) is 9.82. The van der Waals surface area contributed by atoms with Gasteiger partial charge in [-0.25, -0.2) is 4.98 Å². The average molecular weight is 377 g/mol. The third kappa shape index (κ3) is 6.60. The van der Waals surface area contributed by atoms with E-state index in [1.54, 1.807) is 7.05 Å². The molecule has 19 heavy (non-hydrogen) atoms. The Hall–Kier alpha value is -1.05. The van der Waals surface area contributed by atoms with Gasteiger partial charge in [0.25, 0.3) is 0 Å². The molecule has 0 radical (unpaired) electrons. The van der Waals surface area contributed by atoms with E-state index in [9.17, 15) is 0 Å². The predicted octanol–water partition coefficient (Wildman–Crippen LogP) is 1.84. The fraction of sp³-hybridized carbons (Fsp3) is 0.538. The number of anilines is 1. The summed E-state index contributed by atoms with van der Waals surface area (Å²) in [5.41, 5.74) is 1.19. The van der Waals surface area contributed by atoms with Crippen LogP contribution in [-0.2, 0) is 6.54 Å². The van der Waals surface area contributed by atoms with Gasteiger partial charge in [0.15, 0.2) is 5.96 Å². The van der Waals surface area contributed by atoms with E-state index in [1.165, 1.54) is 5.56 Å². The number of aliphatic imine (C=N–C) groups is 1. The van der Waals surface area contributed by atoms with Gasteiger partial charge in [-0.2, -0.15) is 0 Å². The monoisotopic (exact) mass is 377 g/mol. The number of hydrogen-bond donors (Lipinski definition) is 2. The van der Waals surface area contributed by atoms with E-state index in [1.807, 2.05) is 31.3 Å². The van der Waals surface area contributed by atoms with E-state index < -0.39 is 0 Å². The Morgan fingerprint density at radius 2 is 2.11 bits per heavy atom. The molecule has 0 aromatic carbocycles. The van der Waals surface area contributed by atoms with Crippen molar-refractivity contribution in [2.45, 2.75) is 19.9 Å². The summed E-state index contributed by atoms with van der Waals surface area (Å²) < 4.78 is 0. The topological polar surface area (TPSA) is 52.6 Å². The van der Waals surface area contributed by atoms with Gasteiger partial charge in [0.05, 0.1) is 0 Å². The fourth-order valence-electron chi connectivity index (χ4n) is 1.46. The largest absolute Gasteiger partial charge is 0.363 e. The minimum atomic E-state index is 0. The molecule has 1 heterocycles. The van der Waals surface area contributed by atoms with Crippen LogP contribution in [0.4, 0.5) is 5.82 Å².